The first-order valence-electron chi connectivity index (χ1n) is 1.72. The molecule has 3 nitrogen and oxygen atoms in total. The molecule has 6 heteroatoms. The summed E-state index contributed by atoms with van der Waals surface area (Å²) in [5, 5.41) is 0. The van der Waals surface area contributed by atoms with E-state index in [2.05, 4.69) is 4.84 Å². The van der Waals surface area contributed by atoms with Crippen molar-refractivity contribution in [2.75, 3.05) is 13.2 Å². The molecule has 0 amide bonds. The number of nitrogens with two attached hydrogens (primary N) is 1. The number of rotatable bonds is 3. The largest absolute Gasteiger partial charge is 0.328 e. The van der Waals surface area contributed by atoms with Crippen LogP contribution in [0.25, 0.3) is 0 Å². The van der Waals surface area contributed by atoms with E-state index in [1.165, 1.54) is 0 Å². The van der Waals surface area contributed by atoms with E-state index in [-0.39, 0.29) is 21.1 Å². The van der Waals surface area contributed by atoms with Crippen LogP contribution in [0.3, 0.4) is 0 Å². The van der Waals surface area contributed by atoms with Gasteiger partial charge in [0.1, 0.15) is 0 Å². The summed E-state index contributed by atoms with van der Waals surface area (Å²) in [4.78, 5) is 4.43. The van der Waals surface area contributed by atoms with Gasteiger partial charge in [0.2, 0.25) is 0 Å². The summed E-state index contributed by atoms with van der Waals surface area (Å²) in [6.07, 6.45) is 0. The average Bonchev–Trinajstić information content (AvgIpc) is 1.61. The maximum absolute atomic E-state index is 5.01. The molecule has 0 aliphatic rings. The Kier molecular flexibility index (Phi) is 12.1. The standard InChI is InChI=1S/C2H6Cl2N2O.Pt/c3-6(4)7-2-1-5;/h1-2,5H2;. The van der Waals surface area contributed by atoms with Gasteiger partial charge < -0.3 is 5.73 Å². The predicted molar refractivity (Wildman–Crippen MR) is 28.6 cm³/mol. The van der Waals surface area contributed by atoms with Crippen molar-refractivity contribution in [1.29, 1.82) is 0 Å². The van der Waals surface area contributed by atoms with Crippen molar-refractivity contribution in [3.8, 4) is 0 Å². The van der Waals surface area contributed by atoms with Crippen LogP contribution in [0.15, 0.2) is 0 Å². The summed E-state index contributed by atoms with van der Waals surface area (Å²) in [5.41, 5.74) is 5.01. The van der Waals surface area contributed by atoms with Gasteiger partial charge in [-0.05, 0) is 4.10 Å². The SMILES string of the molecule is NCCON(Cl)Cl.[Pt]. The van der Waals surface area contributed by atoms with Gasteiger partial charge in [0, 0.05) is 51.2 Å². The summed E-state index contributed by atoms with van der Waals surface area (Å²) in [7, 11) is 0. The first-order valence-corrected chi connectivity index (χ1v) is 2.39. The summed E-state index contributed by atoms with van der Waals surface area (Å²) >= 11 is 9.96. The third-order valence-electron chi connectivity index (χ3n) is 0.307. The third-order valence-corrected chi connectivity index (χ3v) is 0.502. The first kappa shape index (κ1) is 11.9. The van der Waals surface area contributed by atoms with Crippen LogP contribution in [0.2, 0.25) is 0 Å². The molecule has 8 heavy (non-hydrogen) atoms. The summed E-state index contributed by atoms with van der Waals surface area (Å²) in [5.74, 6) is 0. The topological polar surface area (TPSA) is 38.5 Å². The second kappa shape index (κ2) is 8.15. The van der Waals surface area contributed by atoms with Gasteiger partial charge in [0.05, 0.1) is 6.61 Å². The molecule has 0 aromatic rings. The molecule has 0 fully saturated rings. The van der Waals surface area contributed by atoms with E-state index in [4.69, 9.17) is 29.3 Å². The van der Waals surface area contributed by atoms with Gasteiger partial charge in [-0.3, -0.25) is 4.84 Å². The van der Waals surface area contributed by atoms with E-state index in [9.17, 15) is 0 Å². The molecule has 0 aliphatic carbocycles. The smallest absolute Gasteiger partial charge is 0.0837 e. The zero-order chi connectivity index (χ0) is 5.70. The Balaban J connectivity index is 0. The monoisotopic (exact) mass is 339 g/mol. The zero-order valence-electron chi connectivity index (χ0n) is 3.92. The van der Waals surface area contributed by atoms with E-state index in [1.54, 1.807) is 0 Å². The number of hydrogen-bond donors (Lipinski definition) is 1. The van der Waals surface area contributed by atoms with E-state index >= 15 is 0 Å². The van der Waals surface area contributed by atoms with Crippen LogP contribution in [0.5, 0.6) is 0 Å². The molecule has 0 atom stereocenters. The van der Waals surface area contributed by atoms with Crippen molar-refractivity contribution in [3.05, 3.63) is 0 Å². The Morgan fingerprint density at radius 2 is 2.00 bits per heavy atom. The molecule has 0 heterocycles. The quantitative estimate of drug-likeness (QED) is 0.600. The summed E-state index contributed by atoms with van der Waals surface area (Å²) in [6.45, 7) is 0.753. The fraction of sp³-hybridized carbons (Fsp3) is 1.00. The van der Waals surface area contributed by atoms with Crippen LogP contribution in [0.1, 0.15) is 0 Å². The minimum atomic E-state index is 0. The van der Waals surface area contributed by atoms with Crippen LogP contribution in [0.4, 0.5) is 0 Å². The van der Waals surface area contributed by atoms with Crippen molar-refractivity contribution in [2.45, 2.75) is 0 Å². The average molecular weight is 340 g/mol. The van der Waals surface area contributed by atoms with Crippen molar-refractivity contribution >= 4 is 23.6 Å². The third kappa shape index (κ3) is 10.2. The van der Waals surface area contributed by atoms with Crippen LogP contribution in [-0.4, -0.2) is 17.3 Å². The van der Waals surface area contributed by atoms with Crippen molar-refractivity contribution in [3.63, 3.8) is 0 Å². The van der Waals surface area contributed by atoms with Crippen molar-refractivity contribution in [2.24, 2.45) is 5.73 Å². The molecule has 0 aromatic heterocycles. The fourth-order valence-corrected chi connectivity index (χ4v) is 0.260. The molecule has 0 rings (SSSR count). The molecule has 0 unspecified atom stereocenters. The minimum Gasteiger partial charge on any atom is -0.328 e. The Morgan fingerprint density at radius 1 is 1.50 bits per heavy atom. The van der Waals surface area contributed by atoms with E-state index in [0.29, 0.717) is 17.3 Å². The van der Waals surface area contributed by atoms with Gasteiger partial charge >= 0.3 is 0 Å². The number of hydrogen-bond acceptors (Lipinski definition) is 3. The molecule has 0 saturated heterocycles. The van der Waals surface area contributed by atoms with E-state index in [1.807, 2.05) is 0 Å². The minimum absolute atomic E-state index is 0. The van der Waals surface area contributed by atoms with Gasteiger partial charge in [-0.15, -0.1) is 0 Å². The second-order valence-corrected chi connectivity index (χ2v) is 1.61. The van der Waals surface area contributed by atoms with E-state index < -0.39 is 0 Å². The molecule has 0 aliphatic heterocycles. The normalized spacial score (nSPS) is 9.00. The maximum Gasteiger partial charge on any atom is 0.0837 e. The molecule has 0 aromatic carbocycles. The Morgan fingerprint density at radius 3 is 2.12 bits per heavy atom. The van der Waals surface area contributed by atoms with Crippen LogP contribution in [-0.2, 0) is 25.9 Å². The maximum atomic E-state index is 5.01. The van der Waals surface area contributed by atoms with Gasteiger partial charge in [0.25, 0.3) is 0 Å². The molecule has 54 valence electrons. The predicted octanol–water partition coefficient (Wildman–Crippen LogP) is 0.484. The van der Waals surface area contributed by atoms with Crippen LogP contribution < -0.4 is 5.73 Å². The fourth-order valence-electron chi connectivity index (χ4n) is 0.122. The Hall–Kier alpha value is 1.15. The summed E-state index contributed by atoms with van der Waals surface area (Å²) in [6, 6.07) is 0. The molecule has 2 N–H and O–H groups in total. The van der Waals surface area contributed by atoms with Crippen LogP contribution in [0, 0.1) is 0 Å². The Bertz CT molecular complexity index is 47.0. The van der Waals surface area contributed by atoms with E-state index in [0.717, 1.165) is 0 Å². The van der Waals surface area contributed by atoms with Crippen LogP contribution >= 0.6 is 23.6 Å². The first-order chi connectivity index (χ1) is 3.27. The molecule has 0 radical (unpaired) electrons. The second-order valence-electron chi connectivity index (χ2n) is 0.824. The molecular formula is C2H6Cl2N2OPt. The molecule has 0 spiro atoms. The summed E-state index contributed by atoms with van der Waals surface area (Å²) < 4.78 is 0.576. The zero-order valence-corrected chi connectivity index (χ0v) is 7.70. The van der Waals surface area contributed by atoms with Gasteiger partial charge in [-0.1, -0.05) is 0 Å². The number of halogens is 2. The molecule has 0 saturated carbocycles. The Labute approximate surface area is 72.5 Å². The molecule has 0 bridgehead atoms. The van der Waals surface area contributed by atoms with Gasteiger partial charge in [0.15, 0.2) is 0 Å². The van der Waals surface area contributed by atoms with Crippen molar-refractivity contribution in [1.82, 2.24) is 4.10 Å². The van der Waals surface area contributed by atoms with Gasteiger partial charge in [-0.25, -0.2) is 0 Å². The number of nitrogens with zero attached hydrogens (tertiary/aromatic N) is 1. The molecular weight excluding hydrogens is 334 g/mol. The van der Waals surface area contributed by atoms with Crippen molar-refractivity contribution < 1.29 is 25.9 Å². The van der Waals surface area contributed by atoms with Gasteiger partial charge in [-0.2, -0.15) is 0 Å².